The predicted octanol–water partition coefficient (Wildman–Crippen LogP) is 9.80. The summed E-state index contributed by atoms with van der Waals surface area (Å²) in [5.74, 6) is 3.64. The van der Waals surface area contributed by atoms with Crippen LogP contribution in [0.25, 0.3) is 0 Å². The molecule has 2 fully saturated rings. The first kappa shape index (κ1) is 26.2. The highest BCUT2D eigenvalue weighted by atomic mass is 16.5. The molecule has 0 spiro atoms. The predicted molar refractivity (Wildman–Crippen MR) is 147 cm³/mol. The second-order valence-corrected chi connectivity index (χ2v) is 12.2. The van der Waals surface area contributed by atoms with Crippen LogP contribution in [0.15, 0.2) is 18.2 Å². The van der Waals surface area contributed by atoms with Crippen molar-refractivity contribution in [3.8, 4) is 0 Å². The molecule has 34 heavy (non-hydrogen) atoms. The maximum atomic E-state index is 6.30. The van der Waals surface area contributed by atoms with Crippen LogP contribution in [0.1, 0.15) is 146 Å². The van der Waals surface area contributed by atoms with Crippen molar-refractivity contribution in [3.05, 3.63) is 34.9 Å². The van der Waals surface area contributed by atoms with E-state index in [1.54, 1.807) is 16.7 Å². The zero-order chi connectivity index (χ0) is 23.6. The van der Waals surface area contributed by atoms with Gasteiger partial charge >= 0.3 is 0 Å². The zero-order valence-corrected chi connectivity index (χ0v) is 22.7. The monoisotopic (exact) mass is 466 g/mol. The first-order valence-corrected chi connectivity index (χ1v) is 15.5. The van der Waals surface area contributed by atoms with Crippen molar-refractivity contribution in [2.45, 2.75) is 148 Å². The van der Waals surface area contributed by atoms with Crippen molar-refractivity contribution in [1.82, 2.24) is 0 Å². The van der Waals surface area contributed by atoms with Crippen LogP contribution in [0, 0.1) is 17.8 Å². The highest BCUT2D eigenvalue weighted by Gasteiger charge is 2.36. The van der Waals surface area contributed by atoms with Crippen LogP contribution in [-0.2, 0) is 17.6 Å². The van der Waals surface area contributed by atoms with Gasteiger partial charge in [0.2, 0.25) is 0 Å². The van der Waals surface area contributed by atoms with Gasteiger partial charge in [-0.25, -0.2) is 0 Å². The summed E-state index contributed by atoms with van der Waals surface area (Å²) in [6.45, 7) is 5.60. The van der Waals surface area contributed by atoms with Crippen LogP contribution in [-0.4, -0.2) is 12.7 Å². The lowest BCUT2D eigenvalue weighted by Crippen LogP contribution is -2.34. The van der Waals surface area contributed by atoms with Gasteiger partial charge in [-0.2, -0.15) is 0 Å². The number of aryl methyl sites for hydroxylation is 1. The largest absolute Gasteiger partial charge is 0.378 e. The fourth-order valence-corrected chi connectivity index (χ4v) is 7.47. The summed E-state index contributed by atoms with van der Waals surface area (Å²) in [4.78, 5) is 0. The number of hydrogen-bond acceptors (Lipinski definition) is 1. The molecule has 5 unspecified atom stereocenters. The van der Waals surface area contributed by atoms with Crippen LogP contribution in [0.2, 0.25) is 0 Å². The lowest BCUT2D eigenvalue weighted by atomic mass is 9.65. The summed E-state index contributed by atoms with van der Waals surface area (Å²) < 4.78 is 6.30. The molecular formula is C33H54O. The molecule has 0 bridgehead atoms. The van der Waals surface area contributed by atoms with Crippen molar-refractivity contribution in [3.63, 3.8) is 0 Å². The van der Waals surface area contributed by atoms with Gasteiger partial charge in [-0.1, -0.05) is 89.8 Å². The van der Waals surface area contributed by atoms with Gasteiger partial charge in [0.05, 0.1) is 6.10 Å². The van der Waals surface area contributed by atoms with Crippen LogP contribution in [0.3, 0.4) is 0 Å². The second-order valence-electron chi connectivity index (χ2n) is 12.2. The maximum Gasteiger partial charge on any atom is 0.0578 e. The summed E-state index contributed by atoms with van der Waals surface area (Å²) in [6.07, 6.45) is 26.9. The van der Waals surface area contributed by atoms with Gasteiger partial charge in [-0.15, -0.1) is 0 Å². The second kappa shape index (κ2) is 14.1. The van der Waals surface area contributed by atoms with Gasteiger partial charge in [0, 0.05) is 6.61 Å². The Morgan fingerprint density at radius 2 is 1.50 bits per heavy atom. The number of rotatable bonds is 13. The topological polar surface area (TPSA) is 9.23 Å². The Hall–Kier alpha value is -0.820. The quantitative estimate of drug-likeness (QED) is 0.263. The molecule has 0 radical (unpaired) electrons. The average molecular weight is 467 g/mol. The van der Waals surface area contributed by atoms with Gasteiger partial charge in [0.25, 0.3) is 0 Å². The standard InChI is InChI=1S/C33H54O/c1-3-5-7-9-10-12-26-13-14-28-23-29(16-15-27(28)22-26)30-17-18-32-25-33(20-19-31(32)24-30)34-21-11-8-6-4-2/h15-16,23,26,30-33H,3-14,17-22,24-25H2,1-2H3. The Balaban J connectivity index is 1.21. The van der Waals surface area contributed by atoms with E-state index >= 15 is 0 Å². The highest BCUT2D eigenvalue weighted by molar-refractivity contribution is 5.36. The molecule has 5 atom stereocenters. The molecule has 3 aliphatic carbocycles. The third-order valence-electron chi connectivity index (χ3n) is 9.66. The SMILES string of the molecule is CCCCCCCC1CCc2cc(C3CCC4CC(OCCCCCC)CCC4C3)ccc2C1. The fourth-order valence-electron chi connectivity index (χ4n) is 7.47. The Morgan fingerprint density at radius 3 is 2.35 bits per heavy atom. The first-order valence-electron chi connectivity index (χ1n) is 15.5. The molecule has 1 nitrogen and oxygen atoms in total. The molecule has 1 heteroatoms. The van der Waals surface area contributed by atoms with E-state index in [0.29, 0.717) is 6.10 Å². The minimum Gasteiger partial charge on any atom is -0.378 e. The Kier molecular flexibility index (Phi) is 10.9. The van der Waals surface area contributed by atoms with Crippen molar-refractivity contribution in [2.24, 2.45) is 17.8 Å². The van der Waals surface area contributed by atoms with Crippen molar-refractivity contribution >= 4 is 0 Å². The van der Waals surface area contributed by atoms with E-state index in [1.165, 1.54) is 122 Å². The van der Waals surface area contributed by atoms with E-state index < -0.39 is 0 Å². The summed E-state index contributed by atoms with van der Waals surface area (Å²) in [6, 6.07) is 7.70. The molecule has 0 amide bonds. The van der Waals surface area contributed by atoms with Gasteiger partial charge in [-0.05, 0) is 105 Å². The van der Waals surface area contributed by atoms with Crippen molar-refractivity contribution in [1.29, 1.82) is 0 Å². The molecule has 0 N–H and O–H groups in total. The van der Waals surface area contributed by atoms with Gasteiger partial charge in [0.15, 0.2) is 0 Å². The van der Waals surface area contributed by atoms with E-state index in [-0.39, 0.29) is 0 Å². The minimum atomic E-state index is 0.558. The summed E-state index contributed by atoms with van der Waals surface area (Å²) in [5, 5.41) is 0. The molecule has 4 rings (SSSR count). The number of unbranched alkanes of at least 4 members (excludes halogenated alkanes) is 7. The first-order chi connectivity index (χ1) is 16.8. The lowest BCUT2D eigenvalue weighted by Gasteiger charge is -2.42. The van der Waals surface area contributed by atoms with E-state index in [0.717, 1.165) is 30.3 Å². The lowest BCUT2D eigenvalue weighted by molar-refractivity contribution is -0.0163. The normalized spacial score (nSPS) is 28.9. The Morgan fingerprint density at radius 1 is 0.735 bits per heavy atom. The van der Waals surface area contributed by atoms with E-state index in [4.69, 9.17) is 4.74 Å². The number of hydrogen-bond donors (Lipinski definition) is 0. The average Bonchev–Trinajstić information content (AvgIpc) is 2.87. The molecular weight excluding hydrogens is 412 g/mol. The zero-order valence-electron chi connectivity index (χ0n) is 22.7. The van der Waals surface area contributed by atoms with E-state index in [2.05, 4.69) is 32.0 Å². The molecule has 0 heterocycles. The number of fused-ring (bicyclic) bond motifs is 2. The maximum absolute atomic E-state index is 6.30. The van der Waals surface area contributed by atoms with Gasteiger partial charge < -0.3 is 4.74 Å². The highest BCUT2D eigenvalue weighted by Crippen LogP contribution is 2.47. The Labute approximate surface area is 211 Å². The van der Waals surface area contributed by atoms with Crippen molar-refractivity contribution < 1.29 is 4.74 Å². The smallest absolute Gasteiger partial charge is 0.0578 e. The molecule has 1 aromatic carbocycles. The van der Waals surface area contributed by atoms with E-state index in [9.17, 15) is 0 Å². The van der Waals surface area contributed by atoms with Crippen LogP contribution >= 0.6 is 0 Å². The minimum absolute atomic E-state index is 0.558. The summed E-state index contributed by atoms with van der Waals surface area (Å²) in [7, 11) is 0. The fraction of sp³-hybridized carbons (Fsp3) is 0.818. The molecule has 0 aromatic heterocycles. The third-order valence-corrected chi connectivity index (χ3v) is 9.66. The Bertz CT molecular complexity index is 708. The van der Waals surface area contributed by atoms with Gasteiger partial charge in [-0.3, -0.25) is 0 Å². The molecule has 0 aliphatic heterocycles. The molecule has 3 aliphatic rings. The van der Waals surface area contributed by atoms with Crippen LogP contribution < -0.4 is 0 Å². The summed E-state index contributed by atoms with van der Waals surface area (Å²) >= 11 is 0. The summed E-state index contributed by atoms with van der Waals surface area (Å²) in [5.41, 5.74) is 5.05. The van der Waals surface area contributed by atoms with Gasteiger partial charge in [0.1, 0.15) is 0 Å². The van der Waals surface area contributed by atoms with Crippen molar-refractivity contribution in [2.75, 3.05) is 6.61 Å². The number of benzene rings is 1. The third kappa shape index (κ3) is 7.59. The molecule has 0 saturated heterocycles. The van der Waals surface area contributed by atoms with Crippen LogP contribution in [0.5, 0.6) is 0 Å². The van der Waals surface area contributed by atoms with Crippen LogP contribution in [0.4, 0.5) is 0 Å². The molecule has 2 saturated carbocycles. The molecule has 192 valence electrons. The number of ether oxygens (including phenoxy) is 1. The molecule has 1 aromatic rings. The van der Waals surface area contributed by atoms with E-state index in [1.807, 2.05) is 0 Å².